The maximum Gasteiger partial charge on any atom is 0.251 e. The monoisotopic (exact) mass is 381 g/mol. The molecule has 1 heterocycles. The molecule has 1 aromatic carbocycles. The fraction of sp³-hybridized carbons (Fsp3) is 0.579. The molecule has 142 valence electrons. The van der Waals surface area contributed by atoms with Gasteiger partial charge >= 0.3 is 0 Å². The summed E-state index contributed by atoms with van der Waals surface area (Å²) in [6, 6.07) is 4.13. The van der Waals surface area contributed by atoms with Crippen molar-refractivity contribution in [2.24, 2.45) is 5.41 Å². The van der Waals surface area contributed by atoms with Crippen molar-refractivity contribution >= 4 is 23.4 Å². The second kappa shape index (κ2) is 7.53. The zero-order valence-electron chi connectivity index (χ0n) is 15.1. The van der Waals surface area contributed by atoms with Crippen molar-refractivity contribution in [1.29, 1.82) is 0 Å². The average Bonchev–Trinajstić information content (AvgIpc) is 3.19. The first-order valence-corrected chi connectivity index (χ1v) is 9.44. The highest BCUT2D eigenvalue weighted by Crippen LogP contribution is 2.53. The van der Waals surface area contributed by atoms with Crippen LogP contribution in [0.5, 0.6) is 0 Å². The van der Waals surface area contributed by atoms with Crippen molar-refractivity contribution in [3.63, 3.8) is 0 Å². The third-order valence-corrected chi connectivity index (χ3v) is 5.51. The lowest BCUT2D eigenvalue weighted by molar-refractivity contribution is -0.123. The molecule has 1 saturated carbocycles. The van der Waals surface area contributed by atoms with Crippen molar-refractivity contribution < 1.29 is 14.0 Å². The molecule has 26 heavy (non-hydrogen) atoms. The number of likely N-dealkylation sites (tertiary alicyclic amines) is 1. The van der Waals surface area contributed by atoms with E-state index in [0.29, 0.717) is 6.54 Å². The fourth-order valence-corrected chi connectivity index (χ4v) is 3.98. The summed E-state index contributed by atoms with van der Waals surface area (Å²) >= 11 is 5.82. The van der Waals surface area contributed by atoms with Gasteiger partial charge in [-0.3, -0.25) is 14.5 Å². The molecule has 1 aromatic rings. The predicted octanol–water partition coefficient (Wildman–Crippen LogP) is 2.59. The van der Waals surface area contributed by atoms with Crippen molar-refractivity contribution in [2.45, 2.75) is 45.2 Å². The van der Waals surface area contributed by atoms with Crippen molar-refractivity contribution in [1.82, 2.24) is 15.5 Å². The molecule has 1 aliphatic carbocycles. The number of benzene rings is 1. The number of piperidine rings is 1. The Kier molecular flexibility index (Phi) is 5.53. The van der Waals surface area contributed by atoms with E-state index in [0.717, 1.165) is 32.4 Å². The Morgan fingerprint density at radius 1 is 1.31 bits per heavy atom. The van der Waals surface area contributed by atoms with Gasteiger partial charge in [0.05, 0.1) is 6.54 Å². The predicted molar refractivity (Wildman–Crippen MR) is 98.7 cm³/mol. The summed E-state index contributed by atoms with van der Waals surface area (Å²) in [5.74, 6) is -0.743. The summed E-state index contributed by atoms with van der Waals surface area (Å²) in [4.78, 5) is 26.4. The highest BCUT2D eigenvalue weighted by Gasteiger charge is 2.55. The minimum Gasteiger partial charge on any atom is -0.353 e. The quantitative estimate of drug-likeness (QED) is 0.824. The third-order valence-electron chi connectivity index (χ3n) is 5.29. The van der Waals surface area contributed by atoms with E-state index in [-0.39, 0.29) is 39.9 Å². The van der Waals surface area contributed by atoms with Crippen LogP contribution in [0.4, 0.5) is 4.39 Å². The maximum atomic E-state index is 13.4. The standard InChI is InChI=1S/C19H25ClFN3O2/c1-12(2)22-17(25)11-24-5-3-19(4-6-24)10-16(19)23-18(26)13-7-14(20)9-15(21)8-13/h7-9,12,16H,3-6,10-11H2,1-2H3,(H,22,25)(H,23,26). The maximum absolute atomic E-state index is 13.4. The highest BCUT2D eigenvalue weighted by atomic mass is 35.5. The summed E-state index contributed by atoms with van der Waals surface area (Å²) in [5.41, 5.74) is 0.373. The molecule has 2 N–H and O–H groups in total. The van der Waals surface area contributed by atoms with E-state index in [1.54, 1.807) is 0 Å². The smallest absolute Gasteiger partial charge is 0.251 e. The first kappa shape index (κ1) is 19.1. The molecule has 3 rings (SSSR count). The molecular weight excluding hydrogens is 357 g/mol. The van der Waals surface area contributed by atoms with Crippen LogP contribution in [-0.2, 0) is 4.79 Å². The van der Waals surface area contributed by atoms with E-state index in [4.69, 9.17) is 11.6 Å². The number of hydrogen-bond donors (Lipinski definition) is 2. The molecule has 2 fully saturated rings. The van der Waals surface area contributed by atoms with E-state index in [9.17, 15) is 14.0 Å². The summed E-state index contributed by atoms with van der Waals surface area (Å²) in [6.07, 6.45) is 2.85. The number of nitrogens with one attached hydrogen (secondary N) is 2. The molecular formula is C19H25ClFN3O2. The van der Waals surface area contributed by atoms with Gasteiger partial charge < -0.3 is 10.6 Å². The zero-order valence-corrected chi connectivity index (χ0v) is 15.9. The van der Waals surface area contributed by atoms with Gasteiger partial charge in [-0.05, 0) is 69.8 Å². The van der Waals surface area contributed by atoms with Crippen molar-refractivity contribution in [2.75, 3.05) is 19.6 Å². The Bertz CT molecular complexity index is 682. The van der Waals surface area contributed by atoms with Gasteiger partial charge in [0.2, 0.25) is 5.91 Å². The van der Waals surface area contributed by atoms with E-state index < -0.39 is 5.82 Å². The molecule has 1 unspecified atom stereocenters. The number of nitrogens with zero attached hydrogens (tertiary/aromatic N) is 1. The zero-order chi connectivity index (χ0) is 18.9. The number of halogens is 2. The lowest BCUT2D eigenvalue weighted by Crippen LogP contribution is -2.44. The number of rotatable bonds is 5. The highest BCUT2D eigenvalue weighted by molar-refractivity contribution is 6.31. The molecule has 2 amide bonds. The number of carbonyl (C=O) groups is 2. The SMILES string of the molecule is CC(C)NC(=O)CN1CCC2(CC1)CC2NC(=O)c1cc(F)cc(Cl)c1. The van der Waals surface area contributed by atoms with Gasteiger partial charge in [-0.2, -0.15) is 0 Å². The van der Waals surface area contributed by atoms with Gasteiger partial charge in [0.15, 0.2) is 0 Å². The van der Waals surface area contributed by atoms with Crippen LogP contribution in [0.15, 0.2) is 18.2 Å². The van der Waals surface area contributed by atoms with Gasteiger partial charge in [0, 0.05) is 22.7 Å². The van der Waals surface area contributed by atoms with Gasteiger partial charge in [-0.15, -0.1) is 0 Å². The summed E-state index contributed by atoms with van der Waals surface area (Å²) in [6.45, 7) is 6.03. The van der Waals surface area contributed by atoms with Crippen molar-refractivity contribution in [3.05, 3.63) is 34.6 Å². The van der Waals surface area contributed by atoms with E-state index in [1.165, 1.54) is 18.2 Å². The lowest BCUT2D eigenvalue weighted by atomic mass is 9.92. The fourth-order valence-electron chi connectivity index (χ4n) is 3.76. The molecule has 1 atom stereocenters. The number of hydrogen-bond acceptors (Lipinski definition) is 3. The van der Waals surface area contributed by atoms with Crippen LogP contribution in [0.25, 0.3) is 0 Å². The van der Waals surface area contributed by atoms with E-state index in [1.807, 2.05) is 13.8 Å². The first-order valence-electron chi connectivity index (χ1n) is 9.06. The minimum atomic E-state index is -0.513. The minimum absolute atomic E-state index is 0.0552. The summed E-state index contributed by atoms with van der Waals surface area (Å²) in [5, 5.41) is 6.13. The third kappa shape index (κ3) is 4.54. The molecule has 0 bridgehead atoms. The Balaban J connectivity index is 1.48. The largest absolute Gasteiger partial charge is 0.353 e. The van der Waals surface area contributed by atoms with Crippen LogP contribution in [0, 0.1) is 11.2 Å². The first-order chi connectivity index (χ1) is 12.3. The second-order valence-corrected chi connectivity index (χ2v) is 8.19. The van der Waals surface area contributed by atoms with E-state index >= 15 is 0 Å². The number of carbonyl (C=O) groups excluding carboxylic acids is 2. The second-order valence-electron chi connectivity index (χ2n) is 7.75. The average molecular weight is 382 g/mol. The van der Waals surface area contributed by atoms with Crippen LogP contribution in [0.2, 0.25) is 5.02 Å². The molecule has 1 saturated heterocycles. The Labute approximate surface area is 158 Å². The molecule has 1 aliphatic heterocycles. The van der Waals surface area contributed by atoms with Gasteiger partial charge in [-0.1, -0.05) is 11.6 Å². The molecule has 0 radical (unpaired) electrons. The Hall–Kier alpha value is -1.66. The lowest BCUT2D eigenvalue weighted by Gasteiger charge is -2.32. The molecule has 7 heteroatoms. The Morgan fingerprint density at radius 3 is 2.62 bits per heavy atom. The van der Waals surface area contributed by atoms with Crippen molar-refractivity contribution in [3.8, 4) is 0 Å². The van der Waals surface area contributed by atoms with Crippen LogP contribution < -0.4 is 10.6 Å². The van der Waals surface area contributed by atoms with E-state index in [2.05, 4.69) is 15.5 Å². The molecule has 0 aromatic heterocycles. The number of amides is 2. The summed E-state index contributed by atoms with van der Waals surface area (Å²) in [7, 11) is 0. The van der Waals surface area contributed by atoms with Crippen LogP contribution in [0.3, 0.4) is 0 Å². The molecule has 1 spiro atoms. The van der Waals surface area contributed by atoms with Gasteiger partial charge in [-0.25, -0.2) is 4.39 Å². The van der Waals surface area contributed by atoms with Gasteiger partial charge in [0.1, 0.15) is 5.82 Å². The summed E-state index contributed by atoms with van der Waals surface area (Å²) < 4.78 is 13.4. The Morgan fingerprint density at radius 2 is 2.00 bits per heavy atom. The van der Waals surface area contributed by atoms with Crippen LogP contribution in [-0.4, -0.2) is 48.4 Å². The van der Waals surface area contributed by atoms with Crippen LogP contribution >= 0.6 is 11.6 Å². The van der Waals surface area contributed by atoms with Crippen LogP contribution in [0.1, 0.15) is 43.5 Å². The molecule has 5 nitrogen and oxygen atoms in total. The normalized spacial score (nSPS) is 21.7. The topological polar surface area (TPSA) is 61.4 Å². The van der Waals surface area contributed by atoms with Gasteiger partial charge in [0.25, 0.3) is 5.91 Å². The molecule has 2 aliphatic rings.